The number of carbonyl (C=O) groups excluding carboxylic acids is 1. The molecule has 1 aliphatic rings. The van der Waals surface area contributed by atoms with E-state index >= 15 is 0 Å². The Morgan fingerprint density at radius 3 is 2.50 bits per heavy atom. The monoisotopic (exact) mass is 428 g/mol. The molecule has 2 aromatic carbocycles. The SMILES string of the molecule is C/C=C(\C=Nc1cc(-c2ccccc2OC)[nH]n1)c1ccc(C(=O)N2CCCCC2)cc1. The van der Waals surface area contributed by atoms with E-state index in [1.54, 1.807) is 13.3 Å². The van der Waals surface area contributed by atoms with Crippen LogP contribution in [0.3, 0.4) is 0 Å². The minimum atomic E-state index is 0.118. The molecule has 1 amide bonds. The van der Waals surface area contributed by atoms with Crippen LogP contribution in [0.2, 0.25) is 0 Å². The van der Waals surface area contributed by atoms with Gasteiger partial charge in [-0.1, -0.05) is 30.3 Å². The highest BCUT2D eigenvalue weighted by atomic mass is 16.5. The Labute approximate surface area is 188 Å². The Bertz CT molecular complexity index is 1120. The number of amides is 1. The van der Waals surface area contributed by atoms with Crippen molar-refractivity contribution in [3.63, 3.8) is 0 Å². The molecule has 0 aliphatic carbocycles. The van der Waals surface area contributed by atoms with Gasteiger partial charge in [-0.15, -0.1) is 0 Å². The van der Waals surface area contributed by atoms with Gasteiger partial charge >= 0.3 is 0 Å². The molecule has 0 bridgehead atoms. The fourth-order valence-electron chi connectivity index (χ4n) is 3.92. The largest absolute Gasteiger partial charge is 0.496 e. The van der Waals surface area contributed by atoms with Crippen LogP contribution in [-0.4, -0.2) is 47.4 Å². The summed E-state index contributed by atoms with van der Waals surface area (Å²) >= 11 is 0. The molecule has 2 heterocycles. The first kappa shape index (κ1) is 21.6. The highest BCUT2D eigenvalue weighted by molar-refractivity contribution is 6.10. The van der Waals surface area contributed by atoms with Crippen molar-refractivity contribution in [2.24, 2.45) is 4.99 Å². The molecular weight excluding hydrogens is 400 g/mol. The number of allylic oxidation sites excluding steroid dienone is 2. The summed E-state index contributed by atoms with van der Waals surface area (Å²) < 4.78 is 5.43. The van der Waals surface area contributed by atoms with E-state index in [0.29, 0.717) is 5.82 Å². The summed E-state index contributed by atoms with van der Waals surface area (Å²) in [5.41, 5.74) is 4.48. The third-order valence-corrected chi connectivity index (χ3v) is 5.72. The number of aromatic nitrogens is 2. The van der Waals surface area contributed by atoms with Crippen molar-refractivity contribution in [2.75, 3.05) is 20.2 Å². The molecule has 0 atom stereocenters. The van der Waals surface area contributed by atoms with Crippen LogP contribution in [0.4, 0.5) is 5.82 Å². The van der Waals surface area contributed by atoms with Crippen LogP contribution in [0.5, 0.6) is 5.75 Å². The number of carbonyl (C=O) groups is 1. The van der Waals surface area contributed by atoms with Gasteiger partial charge < -0.3 is 9.64 Å². The molecule has 1 aromatic heterocycles. The van der Waals surface area contributed by atoms with Gasteiger partial charge in [-0.2, -0.15) is 5.10 Å². The zero-order valence-corrected chi connectivity index (χ0v) is 18.5. The number of hydrogen-bond donors (Lipinski definition) is 1. The van der Waals surface area contributed by atoms with Gasteiger partial charge in [0.1, 0.15) is 5.75 Å². The van der Waals surface area contributed by atoms with Crippen molar-refractivity contribution in [1.82, 2.24) is 15.1 Å². The van der Waals surface area contributed by atoms with Crippen LogP contribution in [0.15, 0.2) is 65.7 Å². The first-order valence-electron chi connectivity index (χ1n) is 11.0. The molecule has 32 heavy (non-hydrogen) atoms. The molecule has 0 radical (unpaired) electrons. The van der Waals surface area contributed by atoms with Gasteiger partial charge in [-0.3, -0.25) is 9.89 Å². The number of nitrogens with one attached hydrogen (secondary N) is 1. The van der Waals surface area contributed by atoms with Gasteiger partial charge in [0, 0.05) is 36.5 Å². The van der Waals surface area contributed by atoms with Crippen molar-refractivity contribution in [3.05, 3.63) is 71.8 Å². The molecule has 6 heteroatoms. The second-order valence-corrected chi connectivity index (χ2v) is 7.77. The van der Waals surface area contributed by atoms with E-state index in [2.05, 4.69) is 15.2 Å². The molecule has 3 aromatic rings. The highest BCUT2D eigenvalue weighted by Gasteiger charge is 2.18. The lowest BCUT2D eigenvalue weighted by Crippen LogP contribution is -2.35. The fourth-order valence-corrected chi connectivity index (χ4v) is 3.92. The number of hydrogen-bond acceptors (Lipinski definition) is 4. The minimum Gasteiger partial charge on any atom is -0.496 e. The summed E-state index contributed by atoms with van der Waals surface area (Å²) in [5.74, 6) is 1.48. The Balaban J connectivity index is 1.47. The van der Waals surface area contributed by atoms with Crippen molar-refractivity contribution < 1.29 is 9.53 Å². The molecule has 1 saturated heterocycles. The van der Waals surface area contributed by atoms with Crippen molar-refractivity contribution in [1.29, 1.82) is 0 Å². The molecule has 6 nitrogen and oxygen atoms in total. The van der Waals surface area contributed by atoms with E-state index in [4.69, 9.17) is 4.74 Å². The average Bonchev–Trinajstić information content (AvgIpc) is 3.33. The highest BCUT2D eigenvalue weighted by Crippen LogP contribution is 2.30. The van der Waals surface area contributed by atoms with E-state index in [-0.39, 0.29) is 5.91 Å². The number of rotatable bonds is 6. The second-order valence-electron chi connectivity index (χ2n) is 7.77. The first-order valence-corrected chi connectivity index (χ1v) is 11.0. The maximum absolute atomic E-state index is 12.7. The number of nitrogens with zero attached hydrogens (tertiary/aromatic N) is 3. The van der Waals surface area contributed by atoms with E-state index in [1.807, 2.05) is 72.5 Å². The third kappa shape index (κ3) is 4.80. The van der Waals surface area contributed by atoms with Gasteiger partial charge in [0.2, 0.25) is 0 Å². The number of methoxy groups -OCH3 is 1. The van der Waals surface area contributed by atoms with Crippen LogP contribution in [0.1, 0.15) is 42.1 Å². The summed E-state index contributed by atoms with van der Waals surface area (Å²) in [6.45, 7) is 3.68. The van der Waals surface area contributed by atoms with Gasteiger partial charge in [0.25, 0.3) is 5.91 Å². The number of piperidine rings is 1. The van der Waals surface area contributed by atoms with E-state index in [1.165, 1.54) is 6.42 Å². The second kappa shape index (κ2) is 10.1. The maximum atomic E-state index is 12.7. The summed E-state index contributed by atoms with van der Waals surface area (Å²) in [6, 6.07) is 17.4. The quantitative estimate of drug-likeness (QED) is 0.526. The van der Waals surface area contributed by atoms with Crippen LogP contribution in [0.25, 0.3) is 16.8 Å². The summed E-state index contributed by atoms with van der Waals surface area (Å²) in [5, 5.41) is 7.33. The molecule has 4 rings (SSSR count). The van der Waals surface area contributed by atoms with Gasteiger partial charge in [0.05, 0.1) is 12.8 Å². The zero-order chi connectivity index (χ0) is 22.3. The van der Waals surface area contributed by atoms with E-state index in [0.717, 1.165) is 59.6 Å². The van der Waals surface area contributed by atoms with Crippen LogP contribution in [-0.2, 0) is 0 Å². The van der Waals surface area contributed by atoms with Crippen molar-refractivity contribution >= 4 is 23.5 Å². The lowest BCUT2D eigenvalue weighted by molar-refractivity contribution is 0.0724. The van der Waals surface area contributed by atoms with Crippen LogP contribution < -0.4 is 4.74 Å². The van der Waals surface area contributed by atoms with Gasteiger partial charge in [-0.05, 0) is 61.6 Å². The lowest BCUT2D eigenvalue weighted by atomic mass is 10.0. The van der Waals surface area contributed by atoms with Gasteiger partial charge in [-0.25, -0.2) is 4.99 Å². The average molecular weight is 429 g/mol. The predicted octanol–water partition coefficient (Wildman–Crippen LogP) is 5.52. The predicted molar refractivity (Wildman–Crippen MR) is 129 cm³/mol. The Morgan fingerprint density at radius 1 is 1.06 bits per heavy atom. The molecule has 0 unspecified atom stereocenters. The van der Waals surface area contributed by atoms with Crippen molar-refractivity contribution in [2.45, 2.75) is 26.2 Å². The minimum absolute atomic E-state index is 0.118. The van der Waals surface area contributed by atoms with E-state index < -0.39 is 0 Å². The standard InChI is InChI=1S/C26H28N4O2/c1-3-19(20-11-13-21(14-12-20)26(31)30-15-7-4-8-16-30)18-27-25-17-23(28-29-25)22-9-5-6-10-24(22)32-2/h3,5-6,9-14,17-18H,4,7-8,15-16H2,1-2H3,(H,28,29)/b19-3+,27-18?. The maximum Gasteiger partial charge on any atom is 0.253 e. The molecule has 1 fully saturated rings. The normalized spacial score (nSPS) is 14.7. The number of aliphatic imine (C=N–C) groups is 1. The molecule has 164 valence electrons. The molecule has 0 spiro atoms. The number of aromatic amines is 1. The Kier molecular flexibility index (Phi) is 6.80. The molecule has 1 aliphatic heterocycles. The van der Waals surface area contributed by atoms with Gasteiger partial charge in [0.15, 0.2) is 5.82 Å². The smallest absolute Gasteiger partial charge is 0.253 e. The number of likely N-dealkylation sites (tertiary alicyclic amines) is 1. The number of H-pyrrole nitrogens is 1. The summed E-state index contributed by atoms with van der Waals surface area (Å²) in [4.78, 5) is 19.2. The molecule has 0 saturated carbocycles. The van der Waals surface area contributed by atoms with E-state index in [9.17, 15) is 4.79 Å². The Morgan fingerprint density at radius 2 is 1.78 bits per heavy atom. The molecule has 1 N–H and O–H groups in total. The number of benzene rings is 2. The molecular formula is C26H28N4O2. The summed E-state index contributed by atoms with van der Waals surface area (Å²) in [7, 11) is 1.65. The lowest BCUT2D eigenvalue weighted by Gasteiger charge is -2.26. The third-order valence-electron chi connectivity index (χ3n) is 5.72. The van der Waals surface area contributed by atoms with Crippen LogP contribution >= 0.6 is 0 Å². The number of ether oxygens (including phenoxy) is 1. The van der Waals surface area contributed by atoms with Crippen molar-refractivity contribution in [3.8, 4) is 17.0 Å². The fraction of sp³-hybridized carbons (Fsp3) is 0.269. The topological polar surface area (TPSA) is 70.6 Å². The zero-order valence-electron chi connectivity index (χ0n) is 18.5. The Hall–Kier alpha value is -3.67. The summed E-state index contributed by atoms with van der Waals surface area (Å²) in [6.07, 6.45) is 7.19. The first-order chi connectivity index (χ1) is 15.7. The van der Waals surface area contributed by atoms with Crippen LogP contribution in [0, 0.1) is 0 Å². The number of para-hydroxylation sites is 1.